The number of amides is 1. The molecule has 5 unspecified atom stereocenters. The highest BCUT2D eigenvalue weighted by molar-refractivity contribution is 5.79. The van der Waals surface area contributed by atoms with Crippen molar-refractivity contribution in [3.8, 4) is 0 Å². The molecule has 1 saturated heterocycles. The maximum atomic E-state index is 12.8. The van der Waals surface area contributed by atoms with Gasteiger partial charge in [-0.2, -0.15) is 0 Å². The Bertz CT molecular complexity index is 357. The van der Waals surface area contributed by atoms with E-state index in [1.807, 2.05) is 0 Å². The van der Waals surface area contributed by atoms with Crippen LogP contribution >= 0.6 is 0 Å². The molecule has 1 aliphatic heterocycles. The Morgan fingerprint density at radius 2 is 1.80 bits per heavy atom. The molecule has 20 heavy (non-hydrogen) atoms. The van der Waals surface area contributed by atoms with Gasteiger partial charge in [-0.15, -0.1) is 0 Å². The molecule has 5 atom stereocenters. The Kier molecular flexibility index (Phi) is 4.34. The van der Waals surface area contributed by atoms with Gasteiger partial charge in [-0.05, 0) is 43.4 Å². The SMILES string of the molecule is CC1CCN(C(=O)C2CCC3CCCCC3C2)CC1N. The van der Waals surface area contributed by atoms with Crippen LogP contribution in [-0.2, 0) is 4.79 Å². The summed E-state index contributed by atoms with van der Waals surface area (Å²) in [7, 11) is 0. The third-order valence-corrected chi connectivity index (χ3v) is 6.22. The molecule has 2 N–H and O–H groups in total. The van der Waals surface area contributed by atoms with E-state index in [0.29, 0.717) is 17.7 Å². The van der Waals surface area contributed by atoms with Gasteiger partial charge in [0.15, 0.2) is 0 Å². The van der Waals surface area contributed by atoms with Crippen LogP contribution in [0.2, 0.25) is 0 Å². The molecule has 1 heterocycles. The number of rotatable bonds is 1. The molecule has 2 saturated carbocycles. The van der Waals surface area contributed by atoms with Crippen LogP contribution in [0, 0.1) is 23.7 Å². The minimum atomic E-state index is 0.179. The van der Waals surface area contributed by atoms with E-state index in [0.717, 1.165) is 44.2 Å². The lowest BCUT2D eigenvalue weighted by atomic mass is 9.67. The van der Waals surface area contributed by atoms with E-state index >= 15 is 0 Å². The van der Waals surface area contributed by atoms with E-state index in [1.165, 1.54) is 32.1 Å². The average Bonchev–Trinajstić information content (AvgIpc) is 2.49. The van der Waals surface area contributed by atoms with E-state index in [1.54, 1.807) is 0 Å². The Morgan fingerprint density at radius 3 is 2.55 bits per heavy atom. The summed E-state index contributed by atoms with van der Waals surface area (Å²) in [4.78, 5) is 14.8. The first-order valence-electron chi connectivity index (χ1n) is 8.69. The van der Waals surface area contributed by atoms with Crippen LogP contribution in [0.1, 0.15) is 58.3 Å². The normalized spacial score (nSPS) is 42.1. The topological polar surface area (TPSA) is 46.3 Å². The third-order valence-electron chi connectivity index (χ3n) is 6.22. The molecule has 3 rings (SSSR count). The van der Waals surface area contributed by atoms with Crippen LogP contribution < -0.4 is 5.73 Å². The highest BCUT2D eigenvalue weighted by Crippen LogP contribution is 2.43. The molecule has 3 heteroatoms. The quantitative estimate of drug-likeness (QED) is 0.801. The van der Waals surface area contributed by atoms with E-state index in [4.69, 9.17) is 5.73 Å². The Hall–Kier alpha value is -0.570. The minimum absolute atomic E-state index is 0.179. The van der Waals surface area contributed by atoms with Crippen molar-refractivity contribution >= 4 is 5.91 Å². The van der Waals surface area contributed by atoms with Gasteiger partial charge in [-0.1, -0.05) is 32.6 Å². The lowest BCUT2D eigenvalue weighted by molar-refractivity contribution is -0.139. The monoisotopic (exact) mass is 278 g/mol. The number of nitrogens with zero attached hydrogens (tertiary/aromatic N) is 1. The first kappa shape index (κ1) is 14.4. The zero-order valence-electron chi connectivity index (χ0n) is 12.9. The molecule has 2 aliphatic carbocycles. The van der Waals surface area contributed by atoms with E-state index in [9.17, 15) is 4.79 Å². The largest absolute Gasteiger partial charge is 0.341 e. The van der Waals surface area contributed by atoms with Crippen molar-refractivity contribution < 1.29 is 4.79 Å². The Balaban J connectivity index is 1.57. The Labute approximate surface area is 123 Å². The molecule has 0 radical (unpaired) electrons. The van der Waals surface area contributed by atoms with Gasteiger partial charge in [0.1, 0.15) is 0 Å². The molecule has 0 bridgehead atoms. The smallest absolute Gasteiger partial charge is 0.225 e. The average molecular weight is 278 g/mol. The third kappa shape index (κ3) is 2.88. The molecular weight excluding hydrogens is 248 g/mol. The highest BCUT2D eigenvalue weighted by atomic mass is 16.2. The molecule has 114 valence electrons. The predicted molar refractivity (Wildman–Crippen MR) is 81.1 cm³/mol. The summed E-state index contributed by atoms with van der Waals surface area (Å²) in [5.41, 5.74) is 6.15. The summed E-state index contributed by atoms with van der Waals surface area (Å²) in [6.07, 6.45) is 10.2. The molecule has 0 aromatic carbocycles. The minimum Gasteiger partial charge on any atom is -0.341 e. The van der Waals surface area contributed by atoms with Crippen molar-refractivity contribution in [3.05, 3.63) is 0 Å². The van der Waals surface area contributed by atoms with Gasteiger partial charge >= 0.3 is 0 Å². The van der Waals surface area contributed by atoms with Crippen LogP contribution in [0.3, 0.4) is 0 Å². The van der Waals surface area contributed by atoms with Gasteiger partial charge in [0, 0.05) is 25.0 Å². The first-order chi connectivity index (χ1) is 9.65. The first-order valence-corrected chi connectivity index (χ1v) is 8.69. The van der Waals surface area contributed by atoms with Gasteiger partial charge in [0.25, 0.3) is 0 Å². The van der Waals surface area contributed by atoms with Gasteiger partial charge in [-0.25, -0.2) is 0 Å². The number of carbonyl (C=O) groups is 1. The fourth-order valence-corrected chi connectivity index (χ4v) is 4.66. The lowest BCUT2D eigenvalue weighted by Crippen LogP contribution is -2.52. The zero-order chi connectivity index (χ0) is 14.1. The van der Waals surface area contributed by atoms with Crippen LogP contribution in [0.5, 0.6) is 0 Å². The number of carbonyl (C=O) groups excluding carboxylic acids is 1. The molecule has 3 aliphatic rings. The number of likely N-dealkylation sites (tertiary alicyclic amines) is 1. The van der Waals surface area contributed by atoms with Crippen molar-refractivity contribution in [2.24, 2.45) is 29.4 Å². The number of hydrogen-bond donors (Lipinski definition) is 1. The Morgan fingerprint density at radius 1 is 1.05 bits per heavy atom. The molecule has 3 nitrogen and oxygen atoms in total. The number of hydrogen-bond acceptors (Lipinski definition) is 2. The zero-order valence-corrected chi connectivity index (χ0v) is 12.9. The molecule has 0 aromatic heterocycles. The maximum Gasteiger partial charge on any atom is 0.225 e. The van der Waals surface area contributed by atoms with Gasteiger partial charge in [-0.3, -0.25) is 4.79 Å². The molecule has 1 amide bonds. The van der Waals surface area contributed by atoms with Gasteiger partial charge in [0.05, 0.1) is 0 Å². The van der Waals surface area contributed by atoms with Crippen LogP contribution in [0.25, 0.3) is 0 Å². The van der Waals surface area contributed by atoms with Crippen LogP contribution in [0.4, 0.5) is 0 Å². The fourth-order valence-electron chi connectivity index (χ4n) is 4.66. The summed E-state index contributed by atoms with van der Waals surface area (Å²) >= 11 is 0. The van der Waals surface area contributed by atoms with Crippen molar-refractivity contribution in [2.45, 2.75) is 64.3 Å². The summed E-state index contributed by atoms with van der Waals surface area (Å²) in [5, 5.41) is 0. The molecule has 0 aromatic rings. The van der Waals surface area contributed by atoms with Crippen molar-refractivity contribution in [1.82, 2.24) is 4.90 Å². The highest BCUT2D eigenvalue weighted by Gasteiger charge is 2.37. The molecule has 3 fully saturated rings. The summed E-state index contributed by atoms with van der Waals surface area (Å²) < 4.78 is 0. The van der Waals surface area contributed by atoms with Crippen molar-refractivity contribution in [1.29, 1.82) is 0 Å². The summed E-state index contributed by atoms with van der Waals surface area (Å²) in [6, 6.07) is 0.179. The number of fused-ring (bicyclic) bond motifs is 1. The molecular formula is C17H30N2O. The fraction of sp³-hybridized carbons (Fsp3) is 0.941. The second-order valence-corrected chi connectivity index (χ2v) is 7.53. The lowest BCUT2D eigenvalue weighted by Gasteiger charge is -2.42. The predicted octanol–water partition coefficient (Wildman–Crippen LogP) is 2.79. The molecule has 0 spiro atoms. The van der Waals surface area contributed by atoms with E-state index < -0.39 is 0 Å². The van der Waals surface area contributed by atoms with Crippen LogP contribution in [0.15, 0.2) is 0 Å². The maximum absolute atomic E-state index is 12.8. The second-order valence-electron chi connectivity index (χ2n) is 7.53. The van der Waals surface area contributed by atoms with E-state index in [-0.39, 0.29) is 6.04 Å². The van der Waals surface area contributed by atoms with Gasteiger partial charge in [0.2, 0.25) is 5.91 Å². The van der Waals surface area contributed by atoms with Crippen LogP contribution in [-0.4, -0.2) is 29.9 Å². The number of piperidine rings is 1. The van der Waals surface area contributed by atoms with Crippen molar-refractivity contribution in [3.63, 3.8) is 0 Å². The van der Waals surface area contributed by atoms with Gasteiger partial charge < -0.3 is 10.6 Å². The standard InChI is InChI=1S/C17H30N2O/c1-12-8-9-19(11-16(12)18)17(20)15-7-6-13-4-2-3-5-14(13)10-15/h12-16H,2-11,18H2,1H3. The number of nitrogens with two attached hydrogens (primary N) is 1. The van der Waals surface area contributed by atoms with E-state index in [2.05, 4.69) is 11.8 Å². The summed E-state index contributed by atoms with van der Waals surface area (Å²) in [6.45, 7) is 3.92. The summed E-state index contributed by atoms with van der Waals surface area (Å²) in [5.74, 6) is 3.04. The second kappa shape index (κ2) is 6.05. The van der Waals surface area contributed by atoms with Crippen molar-refractivity contribution in [2.75, 3.05) is 13.1 Å².